The predicted molar refractivity (Wildman–Crippen MR) is 77.5 cm³/mol. The first-order valence-corrected chi connectivity index (χ1v) is 6.35. The molecule has 0 saturated heterocycles. The van der Waals surface area contributed by atoms with Crippen molar-refractivity contribution in [1.82, 2.24) is 10.3 Å². The van der Waals surface area contributed by atoms with Gasteiger partial charge >= 0.3 is 0 Å². The highest BCUT2D eigenvalue weighted by atomic mass is 16.3. The highest BCUT2D eigenvalue weighted by Gasteiger charge is 2.08. The second-order valence-corrected chi connectivity index (χ2v) is 4.32. The second-order valence-electron chi connectivity index (χ2n) is 4.32. The highest BCUT2D eigenvalue weighted by molar-refractivity contribution is 5.92. The minimum absolute atomic E-state index is 0.239. The zero-order valence-corrected chi connectivity index (χ0v) is 11.2. The first-order valence-electron chi connectivity index (χ1n) is 6.35. The van der Waals surface area contributed by atoms with Crippen molar-refractivity contribution in [3.8, 4) is 0 Å². The monoisotopic (exact) mass is 271 g/mol. The number of rotatable bonds is 5. The van der Waals surface area contributed by atoms with E-state index in [0.29, 0.717) is 12.2 Å². The molecule has 0 saturated carbocycles. The molecule has 3 N–H and O–H groups in total. The van der Waals surface area contributed by atoms with E-state index in [1.54, 1.807) is 25.4 Å². The van der Waals surface area contributed by atoms with Gasteiger partial charge in [0.2, 0.25) is 0 Å². The molecule has 1 amide bonds. The molecule has 1 atom stereocenters. The van der Waals surface area contributed by atoms with E-state index in [4.69, 9.17) is 0 Å². The van der Waals surface area contributed by atoms with E-state index < -0.39 is 6.10 Å². The molecule has 0 radical (unpaired) electrons. The quantitative estimate of drug-likeness (QED) is 0.772. The summed E-state index contributed by atoms with van der Waals surface area (Å²) in [5.41, 5.74) is 1.93. The van der Waals surface area contributed by atoms with Crippen LogP contribution in [0.25, 0.3) is 0 Å². The normalized spacial score (nSPS) is 11.7. The summed E-state index contributed by atoms with van der Waals surface area (Å²) in [4.78, 5) is 15.5. The van der Waals surface area contributed by atoms with Gasteiger partial charge in [0, 0.05) is 25.5 Å². The number of aliphatic hydroxyl groups excluding tert-OH is 1. The zero-order chi connectivity index (χ0) is 14.4. The molecule has 1 unspecified atom stereocenters. The summed E-state index contributed by atoms with van der Waals surface area (Å²) in [7, 11) is 1.56. The standard InChI is InChI=1S/C15H17N3O2/c1-16-15(20)13-9-12(7-8-17-13)18-10-14(19)11-5-3-2-4-6-11/h2-9,14,19H,10H2,1H3,(H,16,20)(H,17,18). The molecule has 2 rings (SSSR count). The topological polar surface area (TPSA) is 74.2 Å². The van der Waals surface area contributed by atoms with Crippen molar-refractivity contribution in [3.05, 3.63) is 59.9 Å². The lowest BCUT2D eigenvalue weighted by Crippen LogP contribution is -2.19. The number of hydrogen-bond donors (Lipinski definition) is 3. The van der Waals surface area contributed by atoms with E-state index >= 15 is 0 Å². The van der Waals surface area contributed by atoms with E-state index in [9.17, 15) is 9.90 Å². The molecular formula is C15H17N3O2. The third kappa shape index (κ3) is 3.55. The van der Waals surface area contributed by atoms with Crippen LogP contribution < -0.4 is 10.6 Å². The molecule has 20 heavy (non-hydrogen) atoms. The first kappa shape index (κ1) is 14.0. The van der Waals surface area contributed by atoms with Gasteiger partial charge < -0.3 is 15.7 Å². The summed E-state index contributed by atoms with van der Waals surface area (Å²) in [5.74, 6) is -0.239. The molecule has 2 aromatic rings. The maximum Gasteiger partial charge on any atom is 0.269 e. The molecule has 5 heteroatoms. The van der Waals surface area contributed by atoms with Crippen molar-refractivity contribution in [1.29, 1.82) is 0 Å². The lowest BCUT2D eigenvalue weighted by Gasteiger charge is -2.13. The average molecular weight is 271 g/mol. The van der Waals surface area contributed by atoms with Gasteiger partial charge in [0.25, 0.3) is 5.91 Å². The minimum Gasteiger partial charge on any atom is -0.387 e. The Hall–Kier alpha value is -2.40. The number of hydrogen-bond acceptors (Lipinski definition) is 4. The molecule has 0 aliphatic rings. The number of carbonyl (C=O) groups excluding carboxylic acids is 1. The van der Waals surface area contributed by atoms with E-state index in [0.717, 1.165) is 11.3 Å². The molecule has 1 aromatic carbocycles. The Balaban J connectivity index is 1.99. The molecular weight excluding hydrogens is 254 g/mol. The number of anilines is 1. The van der Waals surface area contributed by atoms with Crippen LogP contribution in [-0.4, -0.2) is 29.6 Å². The molecule has 104 valence electrons. The molecule has 5 nitrogen and oxygen atoms in total. The number of amides is 1. The van der Waals surface area contributed by atoms with Crippen molar-refractivity contribution in [2.24, 2.45) is 0 Å². The van der Waals surface area contributed by atoms with Crippen molar-refractivity contribution >= 4 is 11.6 Å². The van der Waals surface area contributed by atoms with E-state index in [-0.39, 0.29) is 5.91 Å². The second kappa shape index (κ2) is 6.68. The summed E-state index contributed by atoms with van der Waals surface area (Å²) >= 11 is 0. The summed E-state index contributed by atoms with van der Waals surface area (Å²) in [6.45, 7) is 0.362. The van der Waals surface area contributed by atoms with Crippen LogP contribution in [0.1, 0.15) is 22.2 Å². The van der Waals surface area contributed by atoms with Crippen LogP contribution in [-0.2, 0) is 0 Å². The predicted octanol–water partition coefficient (Wildman–Crippen LogP) is 1.59. The number of nitrogens with one attached hydrogen (secondary N) is 2. The molecule has 0 aliphatic carbocycles. The molecule has 0 spiro atoms. The van der Waals surface area contributed by atoms with Gasteiger partial charge in [0.1, 0.15) is 5.69 Å². The van der Waals surface area contributed by atoms with Crippen molar-refractivity contribution in [2.75, 3.05) is 18.9 Å². The fourth-order valence-electron chi connectivity index (χ4n) is 1.80. The molecule has 1 aromatic heterocycles. The van der Waals surface area contributed by atoms with Crippen molar-refractivity contribution in [2.45, 2.75) is 6.10 Å². The third-order valence-electron chi connectivity index (χ3n) is 2.90. The van der Waals surface area contributed by atoms with Crippen molar-refractivity contribution in [3.63, 3.8) is 0 Å². The number of benzene rings is 1. The van der Waals surface area contributed by atoms with Crippen LogP contribution in [0.5, 0.6) is 0 Å². The maximum atomic E-state index is 11.5. The van der Waals surface area contributed by atoms with Gasteiger partial charge in [0.05, 0.1) is 6.10 Å². The smallest absolute Gasteiger partial charge is 0.269 e. The average Bonchev–Trinajstić information content (AvgIpc) is 2.53. The number of nitrogens with zero attached hydrogens (tertiary/aromatic N) is 1. The summed E-state index contributed by atoms with van der Waals surface area (Å²) < 4.78 is 0. The number of aliphatic hydroxyl groups is 1. The van der Waals surface area contributed by atoms with E-state index in [1.807, 2.05) is 30.3 Å². The Bertz CT molecular complexity index is 572. The molecule has 0 bridgehead atoms. The SMILES string of the molecule is CNC(=O)c1cc(NCC(O)c2ccccc2)ccn1. The highest BCUT2D eigenvalue weighted by Crippen LogP contribution is 2.14. The number of aromatic nitrogens is 1. The van der Waals surface area contributed by atoms with E-state index in [2.05, 4.69) is 15.6 Å². The van der Waals surface area contributed by atoms with Crippen molar-refractivity contribution < 1.29 is 9.90 Å². The van der Waals surface area contributed by atoms with Crippen LogP contribution in [0.15, 0.2) is 48.7 Å². The largest absolute Gasteiger partial charge is 0.387 e. The Labute approximate surface area is 117 Å². The summed E-state index contributed by atoms with van der Waals surface area (Å²) in [5, 5.41) is 15.7. The number of pyridine rings is 1. The molecule has 0 fully saturated rings. The third-order valence-corrected chi connectivity index (χ3v) is 2.90. The van der Waals surface area contributed by atoms with Gasteiger partial charge in [-0.1, -0.05) is 30.3 Å². The van der Waals surface area contributed by atoms with Gasteiger partial charge in [-0.15, -0.1) is 0 Å². The van der Waals surface area contributed by atoms with Crippen LogP contribution >= 0.6 is 0 Å². The lowest BCUT2D eigenvalue weighted by molar-refractivity contribution is 0.0958. The van der Waals surface area contributed by atoms with Gasteiger partial charge in [-0.3, -0.25) is 9.78 Å². The molecule has 1 heterocycles. The maximum absolute atomic E-state index is 11.5. The zero-order valence-electron chi connectivity index (χ0n) is 11.2. The summed E-state index contributed by atoms with van der Waals surface area (Å²) in [6.07, 6.45) is 0.953. The Morgan fingerprint density at radius 2 is 2.05 bits per heavy atom. The Morgan fingerprint density at radius 3 is 2.75 bits per heavy atom. The van der Waals surface area contributed by atoms with Crippen LogP contribution in [0.3, 0.4) is 0 Å². The number of carbonyl (C=O) groups is 1. The van der Waals surface area contributed by atoms with Gasteiger partial charge in [-0.05, 0) is 17.7 Å². The van der Waals surface area contributed by atoms with Crippen LogP contribution in [0, 0.1) is 0 Å². The van der Waals surface area contributed by atoms with Gasteiger partial charge in [0.15, 0.2) is 0 Å². The molecule has 0 aliphatic heterocycles. The fraction of sp³-hybridized carbons (Fsp3) is 0.200. The van der Waals surface area contributed by atoms with Gasteiger partial charge in [-0.2, -0.15) is 0 Å². The van der Waals surface area contributed by atoms with Gasteiger partial charge in [-0.25, -0.2) is 0 Å². The van der Waals surface area contributed by atoms with Crippen LogP contribution in [0.2, 0.25) is 0 Å². The lowest BCUT2D eigenvalue weighted by atomic mass is 10.1. The Kier molecular flexibility index (Phi) is 4.68. The summed E-state index contributed by atoms with van der Waals surface area (Å²) in [6, 6.07) is 12.8. The minimum atomic E-state index is -0.604. The van der Waals surface area contributed by atoms with E-state index in [1.165, 1.54) is 0 Å². The van der Waals surface area contributed by atoms with Crippen LogP contribution in [0.4, 0.5) is 5.69 Å². The fourth-order valence-corrected chi connectivity index (χ4v) is 1.80. The Morgan fingerprint density at radius 1 is 1.30 bits per heavy atom. The first-order chi connectivity index (χ1) is 9.70.